The van der Waals surface area contributed by atoms with Crippen molar-refractivity contribution in [3.05, 3.63) is 0 Å². The van der Waals surface area contributed by atoms with Crippen LogP contribution in [0.4, 0.5) is 0 Å². The van der Waals surface area contributed by atoms with Gasteiger partial charge in [0, 0.05) is 17.5 Å². The second-order valence-corrected chi connectivity index (χ2v) is 5.82. The average Bonchev–Trinajstić information content (AvgIpc) is 2.64. The fourth-order valence-corrected chi connectivity index (χ4v) is 3.07. The van der Waals surface area contributed by atoms with Gasteiger partial charge in [-0.1, -0.05) is 22.9 Å². The van der Waals surface area contributed by atoms with Crippen LogP contribution in [0.5, 0.6) is 0 Å². The van der Waals surface area contributed by atoms with E-state index in [1.165, 1.54) is 0 Å². The molecule has 94 valence electrons. The summed E-state index contributed by atoms with van der Waals surface area (Å²) in [5, 5.41) is 4.02. The Kier molecular flexibility index (Phi) is 5.25. The molecule has 3 nitrogen and oxygen atoms in total. The van der Waals surface area contributed by atoms with E-state index in [1.54, 1.807) is 0 Å². The topological polar surface area (TPSA) is 38.3 Å². The predicted molar refractivity (Wildman–Crippen MR) is 68.8 cm³/mol. The quantitative estimate of drug-likeness (QED) is 0.791. The summed E-state index contributed by atoms with van der Waals surface area (Å²) in [6.45, 7) is 6.90. The Labute approximate surface area is 106 Å². The van der Waals surface area contributed by atoms with Gasteiger partial charge in [0.15, 0.2) is 0 Å². The van der Waals surface area contributed by atoms with E-state index in [2.05, 4.69) is 42.0 Å². The van der Waals surface area contributed by atoms with E-state index in [4.69, 9.17) is 4.74 Å². The highest BCUT2D eigenvalue weighted by Gasteiger charge is 2.34. The van der Waals surface area contributed by atoms with Crippen molar-refractivity contribution in [2.75, 3.05) is 11.9 Å². The van der Waals surface area contributed by atoms with Crippen LogP contribution >= 0.6 is 15.9 Å². The number of halogens is 1. The summed E-state index contributed by atoms with van der Waals surface area (Å²) in [6.07, 6.45) is 2.81. The first-order valence-corrected chi connectivity index (χ1v) is 7.12. The molecule has 1 aliphatic heterocycles. The molecule has 0 aromatic rings. The number of nitrogens with one attached hydrogen (secondary N) is 1. The van der Waals surface area contributed by atoms with E-state index in [1.807, 2.05) is 0 Å². The normalized spacial score (nSPS) is 25.8. The third-order valence-corrected chi connectivity index (χ3v) is 3.53. The monoisotopic (exact) mass is 291 g/mol. The molecule has 1 rings (SSSR count). The van der Waals surface area contributed by atoms with Crippen LogP contribution in [0.2, 0.25) is 0 Å². The maximum Gasteiger partial charge on any atom is 0.226 e. The van der Waals surface area contributed by atoms with Crippen molar-refractivity contribution in [3.8, 4) is 0 Å². The number of ether oxygens (including phenoxy) is 1. The maximum atomic E-state index is 12.1. The summed E-state index contributed by atoms with van der Waals surface area (Å²) >= 11 is 3.41. The Bertz CT molecular complexity index is 243. The lowest BCUT2D eigenvalue weighted by atomic mass is 9.95. The van der Waals surface area contributed by atoms with Crippen LogP contribution in [-0.2, 0) is 9.53 Å². The lowest BCUT2D eigenvalue weighted by Gasteiger charge is -2.28. The summed E-state index contributed by atoms with van der Waals surface area (Å²) < 4.78 is 5.54. The molecule has 0 spiro atoms. The Morgan fingerprint density at radius 2 is 2.25 bits per heavy atom. The first-order valence-electron chi connectivity index (χ1n) is 5.99. The molecule has 4 heteroatoms. The number of hydrogen-bond acceptors (Lipinski definition) is 2. The summed E-state index contributed by atoms with van der Waals surface area (Å²) in [5.74, 6) is 0.190. The van der Waals surface area contributed by atoms with Crippen molar-refractivity contribution in [2.45, 2.75) is 51.7 Å². The van der Waals surface area contributed by atoms with Gasteiger partial charge in [-0.2, -0.15) is 0 Å². The molecule has 2 atom stereocenters. The van der Waals surface area contributed by atoms with Crippen LogP contribution in [0.3, 0.4) is 0 Å². The van der Waals surface area contributed by atoms with Crippen LogP contribution in [0, 0.1) is 5.92 Å². The van der Waals surface area contributed by atoms with Crippen LogP contribution in [0.15, 0.2) is 0 Å². The van der Waals surface area contributed by atoms with E-state index >= 15 is 0 Å². The lowest BCUT2D eigenvalue weighted by Crippen LogP contribution is -2.47. The highest BCUT2D eigenvalue weighted by atomic mass is 79.9. The Hall–Kier alpha value is -0.0900. The van der Waals surface area contributed by atoms with Crippen molar-refractivity contribution < 1.29 is 9.53 Å². The third-order valence-electron chi connectivity index (χ3n) is 3.13. The van der Waals surface area contributed by atoms with Crippen molar-refractivity contribution in [1.29, 1.82) is 0 Å². The van der Waals surface area contributed by atoms with Gasteiger partial charge in [0.1, 0.15) is 0 Å². The highest BCUT2D eigenvalue weighted by Crippen LogP contribution is 2.24. The minimum atomic E-state index is -0.137. The first kappa shape index (κ1) is 14.0. The van der Waals surface area contributed by atoms with E-state index in [9.17, 15) is 4.79 Å². The predicted octanol–water partition coefficient (Wildman–Crippen LogP) is 2.48. The van der Waals surface area contributed by atoms with Crippen LogP contribution in [0.1, 0.15) is 40.0 Å². The standard InChI is InChI=1S/C12H22BrNO2/c1-4-10-9(5-8-16-10)11(15)14-12(2,3)6-7-13/h9-10H,4-8H2,1-3H3,(H,14,15). The smallest absolute Gasteiger partial charge is 0.226 e. The van der Waals surface area contributed by atoms with Crippen molar-refractivity contribution in [2.24, 2.45) is 5.92 Å². The summed E-state index contributed by atoms with van der Waals surface area (Å²) in [6, 6.07) is 0. The molecule has 0 aliphatic carbocycles. The van der Waals surface area contributed by atoms with E-state index < -0.39 is 0 Å². The summed E-state index contributed by atoms with van der Waals surface area (Å²) in [4.78, 5) is 12.1. The van der Waals surface area contributed by atoms with Gasteiger partial charge in [0.25, 0.3) is 0 Å². The van der Waals surface area contributed by atoms with Gasteiger partial charge in [-0.15, -0.1) is 0 Å². The van der Waals surface area contributed by atoms with E-state index in [-0.39, 0.29) is 23.5 Å². The highest BCUT2D eigenvalue weighted by molar-refractivity contribution is 9.09. The molecule has 1 fully saturated rings. The minimum Gasteiger partial charge on any atom is -0.377 e. The van der Waals surface area contributed by atoms with Gasteiger partial charge < -0.3 is 10.1 Å². The molecular weight excluding hydrogens is 270 g/mol. The van der Waals surface area contributed by atoms with Crippen molar-refractivity contribution >= 4 is 21.8 Å². The van der Waals surface area contributed by atoms with Gasteiger partial charge in [-0.3, -0.25) is 4.79 Å². The van der Waals surface area contributed by atoms with Crippen molar-refractivity contribution in [3.63, 3.8) is 0 Å². The van der Waals surface area contributed by atoms with Gasteiger partial charge in [0.05, 0.1) is 12.0 Å². The molecule has 16 heavy (non-hydrogen) atoms. The number of alkyl halides is 1. The number of carbonyl (C=O) groups is 1. The van der Waals surface area contributed by atoms with Crippen LogP contribution in [-0.4, -0.2) is 29.5 Å². The number of rotatable bonds is 5. The fourth-order valence-electron chi connectivity index (χ4n) is 2.08. The zero-order chi connectivity index (χ0) is 12.2. The van der Waals surface area contributed by atoms with E-state index in [0.717, 1.165) is 31.2 Å². The molecular formula is C12H22BrNO2. The summed E-state index contributed by atoms with van der Waals surface area (Å²) in [5.41, 5.74) is -0.137. The molecule has 1 N–H and O–H groups in total. The van der Waals surface area contributed by atoms with Gasteiger partial charge >= 0.3 is 0 Å². The van der Waals surface area contributed by atoms with Gasteiger partial charge in [-0.05, 0) is 33.1 Å². The average molecular weight is 292 g/mol. The summed E-state index contributed by atoms with van der Waals surface area (Å²) in [7, 11) is 0. The molecule has 2 unspecified atom stereocenters. The third kappa shape index (κ3) is 3.74. The molecule has 1 heterocycles. The lowest BCUT2D eigenvalue weighted by molar-refractivity contribution is -0.128. The molecule has 1 aliphatic rings. The van der Waals surface area contributed by atoms with Crippen molar-refractivity contribution in [1.82, 2.24) is 5.32 Å². The van der Waals surface area contributed by atoms with Gasteiger partial charge in [-0.25, -0.2) is 0 Å². The van der Waals surface area contributed by atoms with Gasteiger partial charge in [0.2, 0.25) is 5.91 Å². The second-order valence-electron chi connectivity index (χ2n) is 5.02. The molecule has 1 amide bonds. The minimum absolute atomic E-state index is 0.0413. The molecule has 0 saturated carbocycles. The first-order chi connectivity index (χ1) is 7.50. The van der Waals surface area contributed by atoms with Crippen LogP contribution in [0.25, 0.3) is 0 Å². The maximum absolute atomic E-state index is 12.1. The SMILES string of the molecule is CCC1OCCC1C(=O)NC(C)(C)CCBr. The Morgan fingerprint density at radius 1 is 1.56 bits per heavy atom. The van der Waals surface area contributed by atoms with Crippen LogP contribution < -0.4 is 5.32 Å². The zero-order valence-electron chi connectivity index (χ0n) is 10.4. The fraction of sp³-hybridized carbons (Fsp3) is 0.917. The largest absolute Gasteiger partial charge is 0.377 e. The number of hydrogen-bond donors (Lipinski definition) is 1. The second kappa shape index (κ2) is 6.01. The molecule has 0 aromatic heterocycles. The zero-order valence-corrected chi connectivity index (χ0v) is 12.0. The Balaban J connectivity index is 2.51. The number of carbonyl (C=O) groups excluding carboxylic acids is 1. The number of amides is 1. The van der Waals surface area contributed by atoms with E-state index in [0.29, 0.717) is 0 Å². The molecule has 1 saturated heterocycles. The molecule has 0 aromatic carbocycles. The molecule has 0 radical (unpaired) electrons. The molecule has 0 bridgehead atoms. The Morgan fingerprint density at radius 3 is 2.81 bits per heavy atom.